The van der Waals surface area contributed by atoms with Crippen molar-refractivity contribution in [3.8, 4) is 11.5 Å². The van der Waals surface area contributed by atoms with E-state index in [1.165, 1.54) is 7.11 Å². The lowest BCUT2D eigenvalue weighted by Crippen LogP contribution is -2.00. The normalized spacial score (nSPS) is 9.89. The van der Waals surface area contributed by atoms with Gasteiger partial charge in [-0.2, -0.15) is 0 Å². The average molecular weight is 263 g/mol. The van der Waals surface area contributed by atoms with Crippen molar-refractivity contribution in [2.45, 2.75) is 0 Å². The van der Waals surface area contributed by atoms with E-state index >= 15 is 0 Å². The first kappa shape index (κ1) is 12.5. The molecule has 18 heavy (non-hydrogen) atoms. The van der Waals surface area contributed by atoms with Crippen molar-refractivity contribution in [3.05, 3.63) is 59.1 Å². The summed E-state index contributed by atoms with van der Waals surface area (Å²) in [6.45, 7) is 0. The van der Waals surface area contributed by atoms with Gasteiger partial charge in [0.2, 0.25) is 0 Å². The van der Waals surface area contributed by atoms with Crippen LogP contribution in [0.15, 0.2) is 48.5 Å². The maximum Gasteiger partial charge on any atom is 0.337 e. The topological polar surface area (TPSA) is 35.5 Å². The average Bonchev–Trinajstić information content (AvgIpc) is 2.41. The molecule has 0 aliphatic rings. The predicted molar refractivity (Wildman–Crippen MR) is 69.3 cm³/mol. The van der Waals surface area contributed by atoms with Crippen LogP contribution in [0.25, 0.3) is 0 Å². The molecule has 2 aromatic rings. The van der Waals surface area contributed by atoms with Crippen LogP contribution in [0.2, 0.25) is 5.02 Å². The van der Waals surface area contributed by atoms with Gasteiger partial charge in [0.25, 0.3) is 0 Å². The van der Waals surface area contributed by atoms with Crippen molar-refractivity contribution in [3.63, 3.8) is 0 Å². The Bertz CT molecular complexity index is 549. The van der Waals surface area contributed by atoms with Crippen molar-refractivity contribution in [1.82, 2.24) is 0 Å². The maximum absolute atomic E-state index is 11.4. The Labute approximate surface area is 110 Å². The summed E-state index contributed by atoms with van der Waals surface area (Å²) >= 11 is 5.78. The summed E-state index contributed by atoms with van der Waals surface area (Å²) in [5.74, 6) is 0.832. The monoisotopic (exact) mass is 262 g/mol. The highest BCUT2D eigenvalue weighted by molar-refractivity contribution is 6.30. The van der Waals surface area contributed by atoms with Gasteiger partial charge in [-0.05, 0) is 42.5 Å². The van der Waals surface area contributed by atoms with Crippen LogP contribution in [0.5, 0.6) is 11.5 Å². The van der Waals surface area contributed by atoms with Crippen LogP contribution in [0.3, 0.4) is 0 Å². The van der Waals surface area contributed by atoms with Gasteiger partial charge in [0.1, 0.15) is 11.5 Å². The number of hydrogen-bond acceptors (Lipinski definition) is 3. The largest absolute Gasteiger partial charge is 0.465 e. The van der Waals surface area contributed by atoms with E-state index in [4.69, 9.17) is 16.3 Å². The molecule has 0 aliphatic heterocycles. The first-order chi connectivity index (χ1) is 8.69. The number of ether oxygens (including phenoxy) is 2. The molecule has 0 atom stereocenters. The van der Waals surface area contributed by atoms with Crippen molar-refractivity contribution >= 4 is 17.6 Å². The molecule has 0 aliphatic carbocycles. The van der Waals surface area contributed by atoms with Gasteiger partial charge < -0.3 is 9.47 Å². The van der Waals surface area contributed by atoms with Crippen molar-refractivity contribution in [1.29, 1.82) is 0 Å². The third-order valence-corrected chi connectivity index (χ3v) is 2.56. The molecule has 0 aromatic heterocycles. The third kappa shape index (κ3) is 3.02. The summed E-state index contributed by atoms with van der Waals surface area (Å²) in [5.41, 5.74) is 0.448. The van der Waals surface area contributed by atoms with Crippen LogP contribution in [-0.2, 0) is 4.74 Å². The second-order valence-corrected chi connectivity index (χ2v) is 4.01. The molecule has 0 bridgehead atoms. The molecule has 0 unspecified atom stereocenters. The van der Waals surface area contributed by atoms with Gasteiger partial charge in [-0.1, -0.05) is 17.7 Å². The molecule has 92 valence electrons. The maximum atomic E-state index is 11.4. The Balaban J connectivity index is 2.19. The van der Waals surface area contributed by atoms with Crippen LogP contribution >= 0.6 is 11.6 Å². The summed E-state index contributed by atoms with van der Waals surface area (Å²) in [4.78, 5) is 11.4. The molecule has 0 saturated carbocycles. The van der Waals surface area contributed by atoms with Gasteiger partial charge in [0.15, 0.2) is 0 Å². The van der Waals surface area contributed by atoms with Crippen LogP contribution < -0.4 is 4.74 Å². The van der Waals surface area contributed by atoms with E-state index in [0.717, 1.165) is 0 Å². The molecule has 0 saturated heterocycles. The molecule has 0 radical (unpaired) electrons. The number of halogens is 1. The first-order valence-electron chi connectivity index (χ1n) is 5.31. The first-order valence-corrected chi connectivity index (χ1v) is 5.68. The van der Waals surface area contributed by atoms with Crippen LogP contribution in [0.4, 0.5) is 0 Å². The van der Waals surface area contributed by atoms with Gasteiger partial charge in [-0.25, -0.2) is 4.79 Å². The minimum Gasteiger partial charge on any atom is -0.465 e. The number of carbonyl (C=O) groups is 1. The van der Waals surface area contributed by atoms with Crippen molar-refractivity contribution in [2.75, 3.05) is 7.11 Å². The summed E-state index contributed by atoms with van der Waals surface area (Å²) in [6, 6.07) is 13.8. The molecule has 4 heteroatoms. The van der Waals surface area contributed by atoms with Gasteiger partial charge in [-0.3, -0.25) is 0 Å². The molecule has 0 heterocycles. The Morgan fingerprint density at radius 2 is 1.78 bits per heavy atom. The van der Waals surface area contributed by atoms with E-state index in [0.29, 0.717) is 22.1 Å². The molecule has 0 spiro atoms. The predicted octanol–water partition coefficient (Wildman–Crippen LogP) is 3.92. The summed E-state index contributed by atoms with van der Waals surface area (Å²) in [6.07, 6.45) is 0. The van der Waals surface area contributed by atoms with Gasteiger partial charge in [0, 0.05) is 5.02 Å². The number of esters is 1. The number of carbonyl (C=O) groups excluding carboxylic acids is 1. The molecule has 0 amide bonds. The van der Waals surface area contributed by atoms with Crippen molar-refractivity contribution < 1.29 is 14.3 Å². The number of methoxy groups -OCH3 is 1. The fourth-order valence-corrected chi connectivity index (χ4v) is 1.57. The Morgan fingerprint density at radius 3 is 2.44 bits per heavy atom. The molecule has 0 N–H and O–H groups in total. The molecular formula is C14H11ClO3. The lowest BCUT2D eigenvalue weighted by molar-refractivity contribution is 0.0600. The van der Waals surface area contributed by atoms with E-state index < -0.39 is 5.97 Å². The summed E-state index contributed by atoms with van der Waals surface area (Å²) < 4.78 is 10.2. The third-order valence-electron chi connectivity index (χ3n) is 2.30. The minimum absolute atomic E-state index is 0.392. The zero-order chi connectivity index (χ0) is 13.0. The quantitative estimate of drug-likeness (QED) is 0.787. The number of rotatable bonds is 3. The van der Waals surface area contributed by atoms with E-state index in [-0.39, 0.29) is 0 Å². The highest BCUT2D eigenvalue weighted by Crippen LogP contribution is 2.23. The Kier molecular flexibility index (Phi) is 3.85. The van der Waals surface area contributed by atoms with Gasteiger partial charge in [0.05, 0.1) is 12.7 Å². The lowest BCUT2D eigenvalue weighted by Gasteiger charge is -2.06. The van der Waals surface area contributed by atoms with E-state index in [9.17, 15) is 4.79 Å². The van der Waals surface area contributed by atoms with Crippen LogP contribution in [-0.4, -0.2) is 13.1 Å². The van der Waals surface area contributed by atoms with Crippen molar-refractivity contribution in [2.24, 2.45) is 0 Å². The minimum atomic E-state index is -0.392. The van der Waals surface area contributed by atoms with E-state index in [2.05, 4.69) is 4.74 Å². The molecular weight excluding hydrogens is 252 g/mol. The Morgan fingerprint density at radius 1 is 1.06 bits per heavy atom. The second-order valence-electron chi connectivity index (χ2n) is 3.58. The SMILES string of the molecule is COC(=O)c1cccc(Oc2ccc(Cl)cc2)c1. The zero-order valence-corrected chi connectivity index (χ0v) is 10.5. The van der Waals surface area contributed by atoms with E-state index in [1.807, 2.05) is 0 Å². The summed E-state index contributed by atoms with van der Waals surface area (Å²) in [7, 11) is 1.34. The van der Waals surface area contributed by atoms with E-state index in [1.54, 1.807) is 48.5 Å². The number of benzene rings is 2. The standard InChI is InChI=1S/C14H11ClO3/c1-17-14(16)10-3-2-4-13(9-10)18-12-7-5-11(15)6-8-12/h2-9H,1H3. The lowest BCUT2D eigenvalue weighted by atomic mass is 10.2. The van der Waals surface area contributed by atoms with Crippen LogP contribution in [0.1, 0.15) is 10.4 Å². The van der Waals surface area contributed by atoms with Gasteiger partial charge >= 0.3 is 5.97 Å². The molecule has 2 aromatic carbocycles. The Hall–Kier alpha value is -2.00. The fraction of sp³-hybridized carbons (Fsp3) is 0.0714. The second kappa shape index (κ2) is 5.56. The smallest absolute Gasteiger partial charge is 0.337 e. The highest BCUT2D eigenvalue weighted by Gasteiger charge is 2.06. The van der Waals surface area contributed by atoms with Crippen LogP contribution in [0, 0.1) is 0 Å². The zero-order valence-electron chi connectivity index (χ0n) is 9.72. The highest BCUT2D eigenvalue weighted by atomic mass is 35.5. The fourth-order valence-electron chi connectivity index (χ4n) is 1.44. The van der Waals surface area contributed by atoms with Gasteiger partial charge in [-0.15, -0.1) is 0 Å². The molecule has 2 rings (SSSR count). The summed E-state index contributed by atoms with van der Waals surface area (Å²) in [5, 5.41) is 0.644. The number of hydrogen-bond donors (Lipinski definition) is 0. The molecule has 3 nitrogen and oxygen atoms in total. The molecule has 0 fully saturated rings.